The predicted molar refractivity (Wildman–Crippen MR) is 318 cm³/mol. The van der Waals surface area contributed by atoms with E-state index in [0.29, 0.717) is 62.3 Å². The van der Waals surface area contributed by atoms with Gasteiger partial charge in [0.05, 0.1) is 19.3 Å². The maximum absolute atomic E-state index is 15.0. The molecule has 25 nitrogen and oxygen atoms in total. The Bertz CT molecular complexity index is 2860. The second kappa shape index (κ2) is 33.3. The van der Waals surface area contributed by atoms with Gasteiger partial charge in [0.25, 0.3) is 0 Å². The molecule has 3 aromatic carbocycles. The highest BCUT2D eigenvalue weighted by atomic mass is 33.1. The van der Waals surface area contributed by atoms with Crippen LogP contribution in [0.4, 0.5) is 0 Å². The Kier molecular flexibility index (Phi) is 26.1. The maximum Gasteiger partial charge on any atom is 0.244 e. The number of aliphatic hydroxyl groups excluding tert-OH is 2. The van der Waals surface area contributed by atoms with Crippen LogP contribution >= 0.6 is 21.6 Å². The molecule has 2 fully saturated rings. The van der Waals surface area contributed by atoms with Crippen molar-refractivity contribution in [3.05, 3.63) is 102 Å². The number of benzene rings is 3. The number of amides is 9. The minimum atomic E-state index is -1.58. The Hall–Kier alpha value is -7.27. The lowest BCUT2D eigenvalue weighted by atomic mass is 10.0. The molecule has 6 rings (SSSR count). The number of aromatic amines is 1. The quantitative estimate of drug-likeness (QED) is 0.0305. The summed E-state index contributed by atoms with van der Waals surface area (Å²) in [4.78, 5) is 136. The number of fused-ring (bicyclic) bond motifs is 1. The monoisotopic (exact) mass is 1200 g/mol. The van der Waals surface area contributed by atoms with Crippen LogP contribution < -0.4 is 54.0 Å². The molecule has 3 unspecified atom stereocenters. The average Bonchev–Trinajstić information content (AvgIpc) is 4.06. The number of carbonyl (C=O) groups is 9. The van der Waals surface area contributed by atoms with Crippen LogP contribution in [0.3, 0.4) is 0 Å². The lowest BCUT2D eigenvalue weighted by Crippen LogP contribution is -2.61. The van der Waals surface area contributed by atoms with E-state index >= 15 is 9.59 Å². The van der Waals surface area contributed by atoms with Crippen molar-refractivity contribution in [2.75, 3.05) is 63.9 Å². The van der Waals surface area contributed by atoms with Crippen LogP contribution in [-0.4, -0.2) is 202 Å². The summed E-state index contributed by atoms with van der Waals surface area (Å²) in [5.41, 5.74) is 13.9. The molecule has 2 saturated heterocycles. The van der Waals surface area contributed by atoms with E-state index < -0.39 is 108 Å². The second-order valence-electron chi connectivity index (χ2n) is 20.8. The Balaban J connectivity index is 1.39. The molecule has 0 bridgehead atoms. The maximum atomic E-state index is 15.0. The van der Waals surface area contributed by atoms with E-state index in [1.54, 1.807) is 55.6 Å². The minimum absolute atomic E-state index is 0.00114. The van der Waals surface area contributed by atoms with Gasteiger partial charge in [0.15, 0.2) is 0 Å². The van der Waals surface area contributed by atoms with E-state index in [0.717, 1.165) is 32.5 Å². The number of primary amides is 1. The molecule has 4 aromatic rings. The van der Waals surface area contributed by atoms with Crippen molar-refractivity contribution in [3.63, 3.8) is 0 Å². The van der Waals surface area contributed by atoms with Crippen LogP contribution in [0.5, 0.6) is 5.75 Å². The zero-order chi connectivity index (χ0) is 60.7. The number of piperazine rings is 1. The van der Waals surface area contributed by atoms with Gasteiger partial charge < -0.3 is 74.3 Å². The number of hydrogen-bond donors (Lipinski definition) is 14. The Morgan fingerprint density at radius 3 is 1.99 bits per heavy atom. The number of H-pyrrole nitrogens is 1. The van der Waals surface area contributed by atoms with Gasteiger partial charge in [-0.15, -0.1) is 0 Å². The first-order chi connectivity index (χ1) is 40.3. The standard InChI is InChI=1S/C57H79N13O12S2/c1-3-40-51(76)66-47(57(82)68-49(34(2)72)50(59)75)33-84-83-32-46(67-53(78)43(27-35-11-5-4-6-12-35)61-48(74)31-70-23-21-69(22-24-70)25-26-71)56(81)64-44(28-36-16-18-38(73)19-17-36)54(79)65-45(29-37-30-60-41-14-8-7-13-39(37)41)55(80)63-42(52(77)62-40)15-9-10-20-58/h4-8,11-14,16-19,30,34,40,42-47,49,60,71-73H,3,9-10,15,20-29,31-33,58H2,1-2H3,(H2,59,75)(H,61,74)(H,62,77)(H,63,80)(H,64,81)(H,65,79)(H,66,76)(H,67,78)(H,68,82)/t34-,40?,42+,43-,44?,45?,46+,47+,49+/m1/s1. The van der Waals surface area contributed by atoms with Crippen LogP contribution in [0, 0.1) is 0 Å². The number of β-amino-alcohol motifs (C(OH)–C–C–N with tert-alkyl or cyclic N) is 1. The molecule has 27 heteroatoms. The van der Waals surface area contributed by atoms with Crippen molar-refractivity contribution in [2.24, 2.45) is 11.5 Å². The van der Waals surface area contributed by atoms with Crippen molar-refractivity contribution in [3.8, 4) is 5.75 Å². The number of aliphatic hydroxyl groups is 2. The molecular formula is C57H79N13O12S2. The third kappa shape index (κ3) is 20.2. The zero-order valence-corrected chi connectivity index (χ0v) is 48.8. The largest absolute Gasteiger partial charge is 0.508 e. The molecule has 16 N–H and O–H groups in total. The highest BCUT2D eigenvalue weighted by Crippen LogP contribution is 2.25. The van der Waals surface area contributed by atoms with Crippen molar-refractivity contribution in [2.45, 2.75) is 113 Å². The normalized spacial score (nSPS) is 22.2. The van der Waals surface area contributed by atoms with Gasteiger partial charge in [-0.3, -0.25) is 53.0 Å². The number of hydrogen-bond acceptors (Lipinski definition) is 17. The summed E-state index contributed by atoms with van der Waals surface area (Å²) in [7, 11) is 1.97. The number of carbonyl (C=O) groups excluding carboxylic acids is 9. The Morgan fingerprint density at radius 2 is 1.32 bits per heavy atom. The SMILES string of the molecule is CCC1NC(=O)[C@H](CCCCN)NC(=O)C(Cc2c[nH]c3ccccc23)NC(=O)C(Cc2ccc(O)cc2)NC(=O)[C@@H](NC(=O)[C@@H](Cc2ccccc2)NC(=O)CN2CCN(CCO)CC2)CSSC[C@@H](C(=O)N[C@H](C(N)=O)[C@@H](C)O)NC1=O. The minimum Gasteiger partial charge on any atom is -0.508 e. The Morgan fingerprint density at radius 1 is 0.714 bits per heavy atom. The third-order valence-corrected chi connectivity index (χ3v) is 16.9. The zero-order valence-electron chi connectivity index (χ0n) is 47.2. The molecular weight excluding hydrogens is 1120 g/mol. The van der Waals surface area contributed by atoms with Crippen LogP contribution in [0.25, 0.3) is 10.9 Å². The molecule has 3 heterocycles. The fourth-order valence-corrected chi connectivity index (χ4v) is 12.0. The van der Waals surface area contributed by atoms with Crippen LogP contribution in [0.15, 0.2) is 85.1 Å². The van der Waals surface area contributed by atoms with E-state index in [1.807, 2.05) is 29.2 Å². The van der Waals surface area contributed by atoms with E-state index in [1.165, 1.54) is 19.1 Å². The number of aromatic nitrogens is 1. The topological polar surface area (TPSA) is 385 Å². The Labute approximate surface area is 495 Å². The van der Waals surface area contributed by atoms with Crippen LogP contribution in [-0.2, 0) is 62.4 Å². The summed E-state index contributed by atoms with van der Waals surface area (Å²) in [6.45, 7) is 5.90. The van der Waals surface area contributed by atoms with E-state index in [-0.39, 0.29) is 69.1 Å². The summed E-state index contributed by atoms with van der Waals surface area (Å²) in [5, 5.41) is 52.6. The first-order valence-electron chi connectivity index (χ1n) is 28.1. The van der Waals surface area contributed by atoms with E-state index in [4.69, 9.17) is 11.5 Å². The second-order valence-corrected chi connectivity index (χ2v) is 23.4. The van der Waals surface area contributed by atoms with Gasteiger partial charge in [-0.05, 0) is 74.0 Å². The lowest BCUT2D eigenvalue weighted by molar-refractivity contribution is -0.136. The van der Waals surface area contributed by atoms with E-state index in [9.17, 15) is 48.9 Å². The number of phenols is 1. The smallest absolute Gasteiger partial charge is 0.244 e. The summed E-state index contributed by atoms with van der Waals surface area (Å²) in [6.07, 6.45) is 0.824. The number of phenolic OH excluding ortho intramolecular Hbond substituents is 1. The number of rotatable bonds is 22. The highest BCUT2D eigenvalue weighted by Gasteiger charge is 2.36. The number of nitrogens with zero attached hydrogens (tertiary/aromatic N) is 2. The first-order valence-corrected chi connectivity index (χ1v) is 30.6. The molecule has 1 aromatic heterocycles. The number of nitrogens with one attached hydrogen (secondary N) is 9. The van der Waals surface area contributed by atoms with Crippen LogP contribution in [0.2, 0.25) is 0 Å². The fraction of sp³-hybridized carbons (Fsp3) is 0.491. The van der Waals surface area contributed by atoms with Crippen molar-refractivity contribution < 1.29 is 58.5 Å². The molecule has 0 aliphatic carbocycles. The predicted octanol–water partition coefficient (Wildman–Crippen LogP) is -1.81. The summed E-state index contributed by atoms with van der Waals surface area (Å²) in [5.74, 6) is -7.90. The molecule has 9 amide bonds. The lowest BCUT2D eigenvalue weighted by Gasteiger charge is -2.34. The number of para-hydroxylation sites is 1. The summed E-state index contributed by atoms with van der Waals surface area (Å²) < 4.78 is 0. The molecule has 84 heavy (non-hydrogen) atoms. The van der Waals surface area contributed by atoms with Gasteiger partial charge in [0.2, 0.25) is 53.2 Å². The summed E-state index contributed by atoms with van der Waals surface area (Å²) >= 11 is 0. The van der Waals surface area contributed by atoms with Crippen LogP contribution in [0.1, 0.15) is 56.2 Å². The number of aromatic hydroxyl groups is 1. The van der Waals surface area contributed by atoms with E-state index in [2.05, 4.69) is 52.4 Å². The highest BCUT2D eigenvalue weighted by molar-refractivity contribution is 8.76. The van der Waals surface area contributed by atoms with Gasteiger partial charge in [-0.1, -0.05) is 89.2 Å². The van der Waals surface area contributed by atoms with Gasteiger partial charge >= 0.3 is 0 Å². The fourth-order valence-electron chi connectivity index (χ4n) is 9.65. The van der Waals surface area contributed by atoms with Gasteiger partial charge in [-0.25, -0.2) is 0 Å². The molecule has 9 atom stereocenters. The van der Waals surface area contributed by atoms with Crippen molar-refractivity contribution in [1.82, 2.24) is 57.3 Å². The summed E-state index contributed by atoms with van der Waals surface area (Å²) in [6, 6.07) is 10.9. The number of nitrogens with two attached hydrogens (primary N) is 2. The van der Waals surface area contributed by atoms with Gasteiger partial charge in [-0.2, -0.15) is 0 Å². The number of unbranched alkanes of at least 4 members (excludes halogenated alkanes) is 1. The van der Waals surface area contributed by atoms with Gasteiger partial charge in [0, 0.05) is 80.6 Å². The molecule has 2 aliphatic heterocycles. The molecule has 0 saturated carbocycles. The van der Waals surface area contributed by atoms with Crippen molar-refractivity contribution >= 4 is 85.7 Å². The molecule has 456 valence electrons. The van der Waals surface area contributed by atoms with Crippen molar-refractivity contribution in [1.29, 1.82) is 0 Å². The van der Waals surface area contributed by atoms with Gasteiger partial charge in [0.1, 0.15) is 54.1 Å². The first kappa shape index (κ1) is 65.9. The molecule has 0 radical (unpaired) electrons. The molecule has 0 spiro atoms. The molecule has 2 aliphatic rings. The third-order valence-electron chi connectivity index (χ3n) is 14.5. The average molecular weight is 1200 g/mol.